The first-order chi connectivity index (χ1) is 8.33. The Balaban J connectivity index is 2.98. The third-order valence-electron chi connectivity index (χ3n) is 3.25. The van der Waals surface area contributed by atoms with Crippen LogP contribution in [0, 0.1) is 34.3 Å². The van der Waals surface area contributed by atoms with Crippen LogP contribution in [-0.4, -0.2) is 46.5 Å². The number of esters is 1. The van der Waals surface area contributed by atoms with E-state index >= 15 is 0 Å². The standard InChI is InChI=1S/C11H15NO6/c1-3-11(15)4-7(10(14)18-2)8(6-12(16)17)9(13)5-11/h1,7-9,13,15H,4-6H2,2H3. The maximum absolute atomic E-state index is 11.6. The summed E-state index contributed by atoms with van der Waals surface area (Å²) in [4.78, 5) is 21.5. The Kier molecular flexibility index (Phi) is 4.27. The van der Waals surface area contributed by atoms with Gasteiger partial charge in [0.05, 0.1) is 25.0 Å². The summed E-state index contributed by atoms with van der Waals surface area (Å²) in [7, 11) is 1.14. The van der Waals surface area contributed by atoms with Gasteiger partial charge < -0.3 is 14.9 Å². The number of nitro groups is 1. The molecule has 1 rings (SSSR count). The molecule has 4 atom stereocenters. The molecule has 1 fully saturated rings. The van der Waals surface area contributed by atoms with E-state index in [4.69, 9.17) is 6.42 Å². The Hall–Kier alpha value is -1.65. The summed E-state index contributed by atoms with van der Waals surface area (Å²) in [5, 5.41) is 30.3. The summed E-state index contributed by atoms with van der Waals surface area (Å²) in [6.07, 6.45) is 3.61. The van der Waals surface area contributed by atoms with Crippen LogP contribution in [0.1, 0.15) is 12.8 Å². The largest absolute Gasteiger partial charge is 0.469 e. The molecule has 7 heteroatoms. The number of rotatable bonds is 3. The monoisotopic (exact) mass is 257 g/mol. The Bertz CT molecular complexity index is 389. The highest BCUT2D eigenvalue weighted by atomic mass is 16.6. The van der Waals surface area contributed by atoms with E-state index in [1.165, 1.54) is 0 Å². The lowest BCUT2D eigenvalue weighted by Crippen LogP contribution is -2.50. The van der Waals surface area contributed by atoms with Gasteiger partial charge in [0.25, 0.3) is 0 Å². The molecule has 18 heavy (non-hydrogen) atoms. The fraction of sp³-hybridized carbons (Fsp3) is 0.727. The molecular weight excluding hydrogens is 242 g/mol. The number of methoxy groups -OCH3 is 1. The molecule has 0 aromatic rings. The molecule has 1 aliphatic carbocycles. The second-order valence-corrected chi connectivity index (χ2v) is 4.46. The normalized spacial score (nSPS) is 35.6. The topological polar surface area (TPSA) is 110 Å². The molecule has 0 aliphatic heterocycles. The first-order valence-electron chi connectivity index (χ1n) is 5.41. The molecule has 0 aromatic heterocycles. The fourth-order valence-electron chi connectivity index (χ4n) is 2.31. The summed E-state index contributed by atoms with van der Waals surface area (Å²) >= 11 is 0. The third-order valence-corrected chi connectivity index (χ3v) is 3.25. The average molecular weight is 257 g/mol. The first-order valence-corrected chi connectivity index (χ1v) is 5.41. The van der Waals surface area contributed by atoms with E-state index in [0.29, 0.717) is 0 Å². The summed E-state index contributed by atoms with van der Waals surface area (Å²) < 4.78 is 4.54. The van der Waals surface area contributed by atoms with Crippen LogP contribution < -0.4 is 0 Å². The number of aliphatic hydroxyl groups is 2. The smallest absolute Gasteiger partial charge is 0.309 e. The molecule has 1 saturated carbocycles. The summed E-state index contributed by atoms with van der Waals surface area (Å²) in [6.45, 7) is -0.568. The van der Waals surface area contributed by atoms with Crippen molar-refractivity contribution in [3.05, 3.63) is 10.1 Å². The van der Waals surface area contributed by atoms with Crippen LogP contribution in [0.5, 0.6) is 0 Å². The molecule has 0 bridgehead atoms. The second-order valence-electron chi connectivity index (χ2n) is 4.46. The van der Waals surface area contributed by atoms with Gasteiger partial charge in [-0.3, -0.25) is 14.9 Å². The van der Waals surface area contributed by atoms with Crippen LogP contribution in [0.25, 0.3) is 0 Å². The molecule has 0 spiro atoms. The molecule has 100 valence electrons. The Labute approximate surface area is 104 Å². The number of nitrogens with zero attached hydrogens (tertiary/aromatic N) is 1. The van der Waals surface area contributed by atoms with E-state index in [9.17, 15) is 25.1 Å². The zero-order valence-corrected chi connectivity index (χ0v) is 9.91. The van der Waals surface area contributed by atoms with Gasteiger partial charge in [-0.15, -0.1) is 6.42 Å². The SMILES string of the molecule is C#CC1(O)CC(O)C(C[N+](=O)[O-])C(C(=O)OC)C1. The van der Waals surface area contributed by atoms with Crippen molar-refractivity contribution in [1.29, 1.82) is 0 Å². The molecule has 2 N–H and O–H groups in total. The second kappa shape index (κ2) is 5.33. The average Bonchev–Trinajstić information content (AvgIpc) is 2.31. The van der Waals surface area contributed by atoms with Gasteiger partial charge >= 0.3 is 5.97 Å². The number of hydrogen-bond donors (Lipinski definition) is 2. The van der Waals surface area contributed by atoms with Crippen molar-refractivity contribution in [2.45, 2.75) is 24.5 Å². The highest BCUT2D eigenvalue weighted by Crippen LogP contribution is 2.37. The van der Waals surface area contributed by atoms with Crippen molar-refractivity contribution in [1.82, 2.24) is 0 Å². The van der Waals surface area contributed by atoms with Crippen molar-refractivity contribution < 1.29 is 24.7 Å². The van der Waals surface area contributed by atoms with Crippen LogP contribution in [0.15, 0.2) is 0 Å². The van der Waals surface area contributed by atoms with Gasteiger partial charge in [0.2, 0.25) is 6.54 Å². The molecule has 4 unspecified atom stereocenters. The van der Waals surface area contributed by atoms with Gasteiger partial charge in [-0.1, -0.05) is 5.92 Å². The van der Waals surface area contributed by atoms with Crippen molar-refractivity contribution in [3.63, 3.8) is 0 Å². The minimum atomic E-state index is -1.63. The predicted molar refractivity (Wildman–Crippen MR) is 59.9 cm³/mol. The van der Waals surface area contributed by atoms with Crippen LogP contribution in [-0.2, 0) is 9.53 Å². The van der Waals surface area contributed by atoms with Gasteiger partial charge in [-0.05, 0) is 0 Å². The number of ether oxygens (including phenoxy) is 1. The molecule has 7 nitrogen and oxygen atoms in total. The Morgan fingerprint density at radius 2 is 2.28 bits per heavy atom. The molecule has 0 saturated heterocycles. The zero-order chi connectivity index (χ0) is 13.9. The van der Waals surface area contributed by atoms with Crippen LogP contribution in [0.2, 0.25) is 0 Å². The zero-order valence-electron chi connectivity index (χ0n) is 9.91. The third kappa shape index (κ3) is 2.97. The summed E-state index contributed by atoms with van der Waals surface area (Å²) in [6, 6.07) is 0. The van der Waals surface area contributed by atoms with E-state index < -0.39 is 41.0 Å². The molecule has 0 amide bonds. The minimum absolute atomic E-state index is 0.147. The Morgan fingerprint density at radius 3 is 2.72 bits per heavy atom. The number of hydrogen-bond acceptors (Lipinski definition) is 6. The van der Waals surface area contributed by atoms with Crippen molar-refractivity contribution in [2.75, 3.05) is 13.7 Å². The van der Waals surface area contributed by atoms with Crippen LogP contribution in [0.3, 0.4) is 0 Å². The number of aliphatic hydroxyl groups excluding tert-OH is 1. The number of carbonyl (C=O) groups is 1. The van der Waals surface area contributed by atoms with Gasteiger partial charge in [0.1, 0.15) is 5.60 Å². The number of carbonyl (C=O) groups excluding carboxylic acids is 1. The van der Waals surface area contributed by atoms with Crippen molar-refractivity contribution in [3.8, 4) is 12.3 Å². The molecular formula is C11H15NO6. The van der Waals surface area contributed by atoms with Gasteiger partial charge in [-0.25, -0.2) is 0 Å². The van der Waals surface area contributed by atoms with Crippen molar-refractivity contribution >= 4 is 5.97 Å². The maximum Gasteiger partial charge on any atom is 0.309 e. The van der Waals surface area contributed by atoms with Crippen LogP contribution >= 0.6 is 0 Å². The summed E-state index contributed by atoms with van der Waals surface area (Å²) in [5.74, 6) is -0.485. The quantitative estimate of drug-likeness (QED) is 0.296. The first kappa shape index (κ1) is 14.4. The van der Waals surface area contributed by atoms with Crippen molar-refractivity contribution in [2.24, 2.45) is 11.8 Å². The number of terminal acetylenes is 1. The lowest BCUT2D eigenvalue weighted by molar-refractivity contribution is -0.493. The minimum Gasteiger partial charge on any atom is -0.469 e. The Morgan fingerprint density at radius 1 is 1.67 bits per heavy atom. The maximum atomic E-state index is 11.6. The summed E-state index contributed by atoms with van der Waals surface area (Å²) in [5.41, 5.74) is -1.63. The molecule has 0 aromatic carbocycles. The van der Waals surface area contributed by atoms with Gasteiger partial charge in [0.15, 0.2) is 0 Å². The van der Waals surface area contributed by atoms with E-state index in [-0.39, 0.29) is 12.8 Å². The molecule has 0 radical (unpaired) electrons. The van der Waals surface area contributed by atoms with E-state index in [0.717, 1.165) is 7.11 Å². The lowest BCUT2D eigenvalue weighted by Gasteiger charge is -2.38. The van der Waals surface area contributed by atoms with E-state index in [1.54, 1.807) is 0 Å². The van der Waals surface area contributed by atoms with Crippen LogP contribution in [0.4, 0.5) is 0 Å². The highest BCUT2D eigenvalue weighted by Gasteiger charge is 2.49. The van der Waals surface area contributed by atoms with E-state index in [2.05, 4.69) is 10.7 Å². The fourth-order valence-corrected chi connectivity index (χ4v) is 2.31. The molecule has 1 aliphatic rings. The highest BCUT2D eigenvalue weighted by molar-refractivity contribution is 5.73. The van der Waals surface area contributed by atoms with Gasteiger partial charge in [-0.2, -0.15) is 0 Å². The lowest BCUT2D eigenvalue weighted by atomic mass is 9.70. The van der Waals surface area contributed by atoms with Gasteiger partial charge in [0, 0.05) is 17.8 Å². The van der Waals surface area contributed by atoms with E-state index in [1.807, 2.05) is 0 Å². The molecule has 0 heterocycles. The predicted octanol–water partition coefficient (Wildman–Crippen LogP) is -0.812.